The number of hydrogen-bond donors (Lipinski definition) is 4. The Hall–Kier alpha value is -2.94. The molecule has 21 heavy (non-hydrogen) atoms. The first kappa shape index (κ1) is 14.5. The number of nitrogens with two attached hydrogens (primary N) is 1. The Balaban J connectivity index is 2.29. The third kappa shape index (κ3) is 2.98. The summed E-state index contributed by atoms with van der Waals surface area (Å²) in [6, 6.07) is 3.97. The number of nitrogens with zero attached hydrogens (tertiary/aromatic N) is 2. The van der Waals surface area contributed by atoms with Crippen LogP contribution in [0.25, 0.3) is 0 Å². The topological polar surface area (TPSA) is 139 Å². The molecule has 1 unspecified atom stereocenters. The molecule has 0 bridgehead atoms. The number of para-hydroxylation sites is 1. The molecule has 0 saturated heterocycles. The summed E-state index contributed by atoms with van der Waals surface area (Å²) in [5, 5.41) is 20.2. The number of hydrogen-bond acceptors (Lipinski definition) is 6. The van der Waals surface area contributed by atoms with Crippen LogP contribution in [-0.4, -0.2) is 21.0 Å². The van der Waals surface area contributed by atoms with Crippen molar-refractivity contribution in [2.24, 2.45) is 5.84 Å². The quantitative estimate of drug-likeness (QED) is 0.369. The van der Waals surface area contributed by atoms with Crippen molar-refractivity contribution >= 4 is 17.3 Å². The number of benzene rings is 1. The smallest absolute Gasteiger partial charge is 0.306 e. The molecule has 2 rings (SSSR count). The van der Waals surface area contributed by atoms with E-state index >= 15 is 0 Å². The molecule has 0 aliphatic heterocycles. The van der Waals surface area contributed by atoms with Crippen LogP contribution in [0.4, 0.5) is 11.4 Å². The molecule has 0 saturated carbocycles. The molecule has 1 aromatic carbocycles. The van der Waals surface area contributed by atoms with E-state index in [1.54, 1.807) is 19.3 Å². The Morgan fingerprint density at radius 1 is 1.52 bits per heavy atom. The van der Waals surface area contributed by atoms with Crippen molar-refractivity contribution in [2.45, 2.75) is 13.0 Å². The summed E-state index contributed by atoms with van der Waals surface area (Å²) in [6.45, 7) is 1.75. The first-order chi connectivity index (χ1) is 10.0. The van der Waals surface area contributed by atoms with Gasteiger partial charge < -0.3 is 10.7 Å². The molecular formula is C12H14N6O3. The summed E-state index contributed by atoms with van der Waals surface area (Å²) in [5.41, 5.74) is 2.62. The minimum atomic E-state index is -0.646. The van der Waals surface area contributed by atoms with Gasteiger partial charge >= 0.3 is 5.69 Å². The van der Waals surface area contributed by atoms with E-state index in [1.807, 2.05) is 0 Å². The van der Waals surface area contributed by atoms with Crippen LogP contribution in [0, 0.1) is 10.1 Å². The predicted octanol–water partition coefficient (Wildman–Crippen LogP) is 1.09. The SMILES string of the molecule is CC(NC(=O)c1cccc(NN)c1[N+](=O)[O-])c1cn[nH]c1. The molecule has 0 fully saturated rings. The van der Waals surface area contributed by atoms with E-state index in [0.29, 0.717) is 0 Å². The van der Waals surface area contributed by atoms with Crippen molar-refractivity contribution in [3.63, 3.8) is 0 Å². The number of H-pyrrole nitrogens is 1. The third-order valence-corrected chi connectivity index (χ3v) is 2.99. The van der Waals surface area contributed by atoms with Gasteiger partial charge in [0.1, 0.15) is 11.3 Å². The number of nitro groups is 1. The van der Waals surface area contributed by atoms with E-state index in [1.165, 1.54) is 18.2 Å². The summed E-state index contributed by atoms with van der Waals surface area (Å²) in [7, 11) is 0. The molecule has 9 nitrogen and oxygen atoms in total. The number of carbonyl (C=O) groups is 1. The fourth-order valence-corrected chi connectivity index (χ4v) is 1.90. The number of aromatic amines is 1. The summed E-state index contributed by atoms with van der Waals surface area (Å²) in [5.74, 6) is 4.67. The van der Waals surface area contributed by atoms with Gasteiger partial charge in [0.2, 0.25) is 0 Å². The molecule has 0 aliphatic rings. The van der Waals surface area contributed by atoms with E-state index in [0.717, 1.165) is 5.56 Å². The van der Waals surface area contributed by atoms with Gasteiger partial charge in [-0.2, -0.15) is 5.10 Å². The van der Waals surface area contributed by atoms with E-state index in [9.17, 15) is 14.9 Å². The van der Waals surface area contributed by atoms with Gasteiger partial charge in [0.05, 0.1) is 17.2 Å². The number of rotatable bonds is 5. The number of amides is 1. The second kappa shape index (κ2) is 6.01. The monoisotopic (exact) mass is 290 g/mol. The Morgan fingerprint density at radius 3 is 2.86 bits per heavy atom. The second-order valence-corrected chi connectivity index (χ2v) is 4.33. The standard InChI is InChI=1S/C12H14N6O3/c1-7(8-5-14-15-6-8)16-12(19)9-3-2-4-10(17-13)11(9)18(20)21/h2-7,17H,13H2,1H3,(H,14,15)(H,16,19). The highest BCUT2D eigenvalue weighted by Crippen LogP contribution is 2.28. The average Bonchev–Trinajstić information content (AvgIpc) is 3.00. The Morgan fingerprint density at radius 2 is 2.29 bits per heavy atom. The predicted molar refractivity (Wildman–Crippen MR) is 75.4 cm³/mol. The first-order valence-corrected chi connectivity index (χ1v) is 6.08. The summed E-state index contributed by atoms with van der Waals surface area (Å²) in [6.07, 6.45) is 3.20. The summed E-state index contributed by atoms with van der Waals surface area (Å²) < 4.78 is 0. The van der Waals surface area contributed by atoms with Crippen molar-refractivity contribution in [2.75, 3.05) is 5.43 Å². The van der Waals surface area contributed by atoms with Crippen molar-refractivity contribution in [1.82, 2.24) is 15.5 Å². The first-order valence-electron chi connectivity index (χ1n) is 6.08. The number of aromatic nitrogens is 2. The Kier molecular flexibility index (Phi) is 4.14. The van der Waals surface area contributed by atoms with Crippen molar-refractivity contribution < 1.29 is 9.72 Å². The molecule has 1 heterocycles. The number of hydrazine groups is 1. The average molecular weight is 290 g/mol. The Bertz CT molecular complexity index is 655. The van der Waals surface area contributed by atoms with Crippen LogP contribution >= 0.6 is 0 Å². The maximum Gasteiger partial charge on any atom is 0.306 e. The molecule has 1 atom stereocenters. The van der Waals surface area contributed by atoms with Gasteiger partial charge in [-0.3, -0.25) is 25.9 Å². The highest BCUT2D eigenvalue weighted by Gasteiger charge is 2.25. The zero-order valence-electron chi connectivity index (χ0n) is 11.2. The van der Waals surface area contributed by atoms with Crippen LogP contribution in [0.2, 0.25) is 0 Å². The maximum absolute atomic E-state index is 12.2. The van der Waals surface area contributed by atoms with Crippen molar-refractivity contribution in [1.29, 1.82) is 0 Å². The van der Waals surface area contributed by atoms with Gasteiger partial charge in [-0.1, -0.05) is 6.07 Å². The van der Waals surface area contributed by atoms with E-state index in [4.69, 9.17) is 5.84 Å². The lowest BCUT2D eigenvalue weighted by atomic mass is 10.1. The number of nitro benzene ring substituents is 1. The van der Waals surface area contributed by atoms with E-state index in [-0.39, 0.29) is 23.0 Å². The van der Waals surface area contributed by atoms with Gasteiger partial charge in [-0.25, -0.2) is 0 Å². The number of nitrogens with one attached hydrogen (secondary N) is 3. The molecule has 0 radical (unpaired) electrons. The van der Waals surface area contributed by atoms with Gasteiger partial charge in [0.15, 0.2) is 0 Å². The van der Waals surface area contributed by atoms with Gasteiger partial charge in [-0.15, -0.1) is 0 Å². The fourth-order valence-electron chi connectivity index (χ4n) is 1.90. The third-order valence-electron chi connectivity index (χ3n) is 2.99. The molecule has 0 spiro atoms. The molecule has 2 aromatic rings. The zero-order chi connectivity index (χ0) is 15.4. The number of carbonyl (C=O) groups excluding carboxylic acids is 1. The van der Waals surface area contributed by atoms with Crippen LogP contribution in [-0.2, 0) is 0 Å². The maximum atomic E-state index is 12.2. The molecule has 110 valence electrons. The van der Waals surface area contributed by atoms with Crippen molar-refractivity contribution in [3.05, 3.63) is 51.8 Å². The lowest BCUT2D eigenvalue weighted by molar-refractivity contribution is -0.384. The minimum Gasteiger partial charge on any atom is -0.345 e. The largest absolute Gasteiger partial charge is 0.345 e. The van der Waals surface area contributed by atoms with Crippen LogP contribution < -0.4 is 16.6 Å². The lowest BCUT2D eigenvalue weighted by Crippen LogP contribution is -2.27. The van der Waals surface area contributed by atoms with E-state index in [2.05, 4.69) is 20.9 Å². The van der Waals surface area contributed by atoms with Crippen LogP contribution in [0.15, 0.2) is 30.6 Å². The lowest BCUT2D eigenvalue weighted by Gasteiger charge is -2.13. The van der Waals surface area contributed by atoms with Gasteiger partial charge in [0, 0.05) is 11.8 Å². The van der Waals surface area contributed by atoms with Crippen molar-refractivity contribution in [3.8, 4) is 0 Å². The highest BCUT2D eigenvalue weighted by molar-refractivity contribution is 6.00. The number of nitrogen functional groups attached to an aromatic ring is 1. The zero-order valence-corrected chi connectivity index (χ0v) is 11.2. The molecule has 5 N–H and O–H groups in total. The van der Waals surface area contributed by atoms with Gasteiger partial charge in [-0.05, 0) is 19.1 Å². The normalized spacial score (nSPS) is 11.7. The molecule has 0 aliphatic carbocycles. The van der Waals surface area contributed by atoms with Crippen LogP contribution in [0.1, 0.15) is 28.9 Å². The summed E-state index contributed by atoms with van der Waals surface area (Å²) in [4.78, 5) is 22.7. The minimum absolute atomic E-state index is 0.0641. The Labute approximate surface area is 119 Å². The molecule has 1 aromatic heterocycles. The van der Waals surface area contributed by atoms with Crippen LogP contribution in [0.5, 0.6) is 0 Å². The molecule has 1 amide bonds. The fraction of sp³-hybridized carbons (Fsp3) is 0.167. The molecule has 9 heteroatoms. The van der Waals surface area contributed by atoms with E-state index < -0.39 is 10.8 Å². The van der Waals surface area contributed by atoms with Crippen LogP contribution in [0.3, 0.4) is 0 Å². The van der Waals surface area contributed by atoms with Gasteiger partial charge in [0.25, 0.3) is 5.91 Å². The molecular weight excluding hydrogens is 276 g/mol. The second-order valence-electron chi connectivity index (χ2n) is 4.33. The number of anilines is 1. The summed E-state index contributed by atoms with van der Waals surface area (Å²) >= 11 is 0. The highest BCUT2D eigenvalue weighted by atomic mass is 16.6.